The number of rotatable bonds is 6. The van der Waals surface area contributed by atoms with Gasteiger partial charge in [-0.2, -0.15) is 0 Å². The number of esters is 1. The summed E-state index contributed by atoms with van der Waals surface area (Å²) in [7, 11) is 3.35. The molecule has 0 spiro atoms. The number of fused-ring (bicyclic) bond motifs is 3. The Morgan fingerprint density at radius 1 is 1.15 bits per heavy atom. The van der Waals surface area contributed by atoms with Crippen LogP contribution in [0.3, 0.4) is 0 Å². The quantitative estimate of drug-likeness (QED) is 0.573. The van der Waals surface area contributed by atoms with Gasteiger partial charge in [0.2, 0.25) is 0 Å². The van der Waals surface area contributed by atoms with E-state index in [1.54, 1.807) is 14.2 Å². The van der Waals surface area contributed by atoms with Crippen molar-refractivity contribution in [2.75, 3.05) is 33.9 Å². The highest BCUT2D eigenvalue weighted by Crippen LogP contribution is 2.44. The molecule has 1 aromatic carbocycles. The van der Waals surface area contributed by atoms with Crippen molar-refractivity contribution >= 4 is 5.97 Å². The Hall–Kier alpha value is -2.01. The molecule has 0 aromatic heterocycles. The highest BCUT2D eigenvalue weighted by atomic mass is 16.5. The molecular formula is C21H29NO4. The molecule has 2 heterocycles. The van der Waals surface area contributed by atoms with Crippen LogP contribution in [-0.2, 0) is 16.0 Å². The van der Waals surface area contributed by atoms with Gasteiger partial charge < -0.3 is 14.2 Å². The molecule has 1 atom stereocenters. The van der Waals surface area contributed by atoms with Gasteiger partial charge in [0.15, 0.2) is 11.5 Å². The molecule has 0 bridgehead atoms. The molecule has 0 fully saturated rings. The van der Waals surface area contributed by atoms with Gasteiger partial charge in [0.05, 0.1) is 27.2 Å². The summed E-state index contributed by atoms with van der Waals surface area (Å²) in [5.41, 5.74) is 5.25. The number of carbonyl (C=O) groups excluding carboxylic acids is 1. The summed E-state index contributed by atoms with van der Waals surface area (Å²) in [6.45, 7) is 6.43. The second-order valence-electron chi connectivity index (χ2n) is 6.89. The standard InChI is InChI=1S/C21H29NO4/c1-5-14-13-22-8-7-15-10-19(24-3)20(25-4)12-17(15)18(22)9-16(14)11-21(23)26-6-2/h10,12,18H,5-9,11,13H2,1-4H3. The first kappa shape index (κ1) is 18.8. The number of hydrogen-bond acceptors (Lipinski definition) is 5. The molecule has 0 radical (unpaired) electrons. The van der Waals surface area contributed by atoms with E-state index in [9.17, 15) is 4.79 Å². The first-order chi connectivity index (χ1) is 12.6. The van der Waals surface area contributed by atoms with Crippen molar-refractivity contribution < 1.29 is 19.0 Å². The van der Waals surface area contributed by atoms with Crippen LogP contribution in [0, 0.1) is 0 Å². The Kier molecular flexibility index (Phi) is 5.87. The van der Waals surface area contributed by atoms with Crippen molar-refractivity contribution in [1.82, 2.24) is 4.90 Å². The van der Waals surface area contributed by atoms with E-state index in [0.717, 1.165) is 43.9 Å². The van der Waals surface area contributed by atoms with Gasteiger partial charge in [-0.25, -0.2) is 0 Å². The van der Waals surface area contributed by atoms with E-state index in [2.05, 4.69) is 24.0 Å². The van der Waals surface area contributed by atoms with Crippen LogP contribution in [0.5, 0.6) is 11.5 Å². The third-order valence-corrected chi connectivity index (χ3v) is 5.54. The van der Waals surface area contributed by atoms with Gasteiger partial charge in [0, 0.05) is 19.1 Å². The zero-order chi connectivity index (χ0) is 18.7. The molecule has 26 heavy (non-hydrogen) atoms. The number of carbonyl (C=O) groups is 1. The summed E-state index contributed by atoms with van der Waals surface area (Å²) >= 11 is 0. The van der Waals surface area contributed by atoms with Gasteiger partial charge in [-0.15, -0.1) is 0 Å². The van der Waals surface area contributed by atoms with E-state index in [0.29, 0.717) is 19.1 Å². The maximum absolute atomic E-state index is 12.1. The second kappa shape index (κ2) is 8.12. The molecule has 1 unspecified atom stereocenters. The lowest BCUT2D eigenvalue weighted by Crippen LogP contribution is -2.40. The molecule has 3 rings (SSSR count). The van der Waals surface area contributed by atoms with Crippen LogP contribution in [0.25, 0.3) is 0 Å². The lowest BCUT2D eigenvalue weighted by atomic mass is 9.82. The van der Waals surface area contributed by atoms with E-state index in [4.69, 9.17) is 14.2 Å². The van der Waals surface area contributed by atoms with E-state index in [1.807, 2.05) is 6.92 Å². The van der Waals surface area contributed by atoms with Gasteiger partial charge >= 0.3 is 5.97 Å². The van der Waals surface area contributed by atoms with Gasteiger partial charge in [-0.05, 0) is 49.4 Å². The van der Waals surface area contributed by atoms with Gasteiger partial charge in [0.1, 0.15) is 0 Å². The smallest absolute Gasteiger partial charge is 0.309 e. The molecule has 0 saturated heterocycles. The van der Waals surface area contributed by atoms with Crippen LogP contribution < -0.4 is 9.47 Å². The van der Waals surface area contributed by atoms with Crippen LogP contribution in [0.4, 0.5) is 0 Å². The fourth-order valence-corrected chi connectivity index (χ4v) is 4.19. The van der Waals surface area contributed by atoms with E-state index >= 15 is 0 Å². The fraction of sp³-hybridized carbons (Fsp3) is 0.571. The summed E-state index contributed by atoms with van der Waals surface area (Å²) in [6.07, 6.45) is 3.28. The van der Waals surface area contributed by atoms with E-state index in [1.165, 1.54) is 22.3 Å². The molecule has 1 aromatic rings. The Morgan fingerprint density at radius 2 is 1.88 bits per heavy atom. The minimum absolute atomic E-state index is 0.120. The van der Waals surface area contributed by atoms with E-state index in [-0.39, 0.29) is 5.97 Å². The number of benzene rings is 1. The van der Waals surface area contributed by atoms with Crippen molar-refractivity contribution in [2.45, 2.75) is 45.6 Å². The minimum Gasteiger partial charge on any atom is -0.493 e. The second-order valence-corrected chi connectivity index (χ2v) is 6.89. The van der Waals surface area contributed by atoms with Crippen molar-refractivity contribution in [1.29, 1.82) is 0 Å². The number of methoxy groups -OCH3 is 2. The topological polar surface area (TPSA) is 48.0 Å². The molecular weight excluding hydrogens is 330 g/mol. The van der Waals surface area contributed by atoms with Gasteiger partial charge in [-0.3, -0.25) is 9.69 Å². The van der Waals surface area contributed by atoms with Crippen molar-refractivity contribution in [3.8, 4) is 11.5 Å². The highest BCUT2D eigenvalue weighted by Gasteiger charge is 2.34. The largest absolute Gasteiger partial charge is 0.493 e. The Morgan fingerprint density at radius 3 is 2.54 bits per heavy atom. The molecule has 142 valence electrons. The summed E-state index contributed by atoms with van der Waals surface area (Å²) in [4.78, 5) is 14.6. The summed E-state index contributed by atoms with van der Waals surface area (Å²) in [5.74, 6) is 1.43. The Balaban J connectivity index is 1.92. The van der Waals surface area contributed by atoms with Crippen LogP contribution in [0.15, 0.2) is 23.3 Å². The van der Waals surface area contributed by atoms with Crippen molar-refractivity contribution in [3.63, 3.8) is 0 Å². The van der Waals surface area contributed by atoms with Crippen molar-refractivity contribution in [2.24, 2.45) is 0 Å². The number of ether oxygens (including phenoxy) is 3. The normalized spacial score (nSPS) is 19.6. The summed E-state index contributed by atoms with van der Waals surface area (Å²) in [5, 5.41) is 0. The predicted molar refractivity (Wildman–Crippen MR) is 101 cm³/mol. The SMILES string of the molecule is CCOC(=O)CC1=C(CC)CN2CCc3cc(OC)c(OC)cc3C2C1. The van der Waals surface area contributed by atoms with E-state index < -0.39 is 0 Å². The zero-order valence-electron chi connectivity index (χ0n) is 16.3. The Bertz CT molecular complexity index is 710. The maximum atomic E-state index is 12.1. The maximum Gasteiger partial charge on any atom is 0.309 e. The third-order valence-electron chi connectivity index (χ3n) is 5.54. The molecule has 0 saturated carbocycles. The van der Waals surface area contributed by atoms with Crippen LogP contribution in [-0.4, -0.2) is 44.8 Å². The molecule has 5 heteroatoms. The fourth-order valence-electron chi connectivity index (χ4n) is 4.19. The van der Waals surface area contributed by atoms with Crippen molar-refractivity contribution in [3.05, 3.63) is 34.4 Å². The summed E-state index contributed by atoms with van der Waals surface area (Å²) < 4.78 is 16.2. The molecule has 2 aliphatic heterocycles. The zero-order valence-corrected chi connectivity index (χ0v) is 16.3. The van der Waals surface area contributed by atoms with Gasteiger partial charge in [0.25, 0.3) is 0 Å². The number of hydrogen-bond donors (Lipinski definition) is 0. The predicted octanol–water partition coefficient (Wildman–Crippen LogP) is 3.67. The van der Waals surface area contributed by atoms with Gasteiger partial charge in [-0.1, -0.05) is 18.1 Å². The molecule has 0 aliphatic carbocycles. The minimum atomic E-state index is -0.120. The molecule has 2 aliphatic rings. The van der Waals surface area contributed by atoms with Crippen LogP contribution >= 0.6 is 0 Å². The lowest BCUT2D eigenvalue weighted by Gasteiger charge is -2.42. The molecule has 5 nitrogen and oxygen atoms in total. The monoisotopic (exact) mass is 359 g/mol. The van der Waals surface area contributed by atoms with Crippen LogP contribution in [0.2, 0.25) is 0 Å². The molecule has 0 N–H and O–H groups in total. The van der Waals surface area contributed by atoms with Crippen LogP contribution in [0.1, 0.15) is 50.3 Å². The summed E-state index contributed by atoms with van der Waals surface area (Å²) in [6, 6.07) is 4.51. The average Bonchev–Trinajstić information content (AvgIpc) is 2.66. The number of nitrogens with zero attached hydrogens (tertiary/aromatic N) is 1. The third kappa shape index (κ3) is 3.58. The highest BCUT2D eigenvalue weighted by molar-refractivity contribution is 5.73. The first-order valence-corrected chi connectivity index (χ1v) is 9.45. The first-order valence-electron chi connectivity index (χ1n) is 9.45. The average molecular weight is 359 g/mol. The Labute approximate surface area is 155 Å². The molecule has 0 amide bonds. The lowest BCUT2D eigenvalue weighted by molar-refractivity contribution is -0.142.